The molecule has 39 heavy (non-hydrogen) atoms. The van der Waals surface area contributed by atoms with Crippen molar-refractivity contribution in [2.45, 2.75) is 65.1 Å². The van der Waals surface area contributed by atoms with Crippen molar-refractivity contribution in [3.8, 4) is 11.8 Å². The predicted octanol–water partition coefficient (Wildman–Crippen LogP) is 2.47. The lowest BCUT2D eigenvalue weighted by molar-refractivity contribution is 0.0952. The highest BCUT2D eigenvalue weighted by Crippen LogP contribution is 2.23. The molecule has 0 spiro atoms. The van der Waals surface area contributed by atoms with Gasteiger partial charge in [0.2, 0.25) is 5.95 Å². The Bertz CT molecular complexity index is 1540. The molecule has 3 N–H and O–H groups in total. The molecular formula is C28H36ClN7O3. The third kappa shape index (κ3) is 6.05. The number of benzene rings is 1. The quantitative estimate of drug-likeness (QED) is 0.310. The average Bonchev–Trinajstić information content (AvgIpc) is 3.31. The summed E-state index contributed by atoms with van der Waals surface area (Å²) in [4.78, 5) is 47.2. The van der Waals surface area contributed by atoms with E-state index in [1.807, 2.05) is 0 Å². The summed E-state index contributed by atoms with van der Waals surface area (Å²) in [5.74, 6) is 6.20. The van der Waals surface area contributed by atoms with Crippen molar-refractivity contribution in [2.75, 3.05) is 24.5 Å². The molecule has 3 aromatic rings. The maximum Gasteiger partial charge on any atom is 0.332 e. The summed E-state index contributed by atoms with van der Waals surface area (Å²) in [6.45, 7) is 5.87. The van der Waals surface area contributed by atoms with Crippen molar-refractivity contribution in [3.63, 3.8) is 0 Å². The number of carbonyl (C=O) groups is 1. The maximum atomic E-state index is 13.9. The molecule has 1 amide bonds. The third-order valence-electron chi connectivity index (χ3n) is 7.08. The molecule has 3 heterocycles. The summed E-state index contributed by atoms with van der Waals surface area (Å²) < 4.78 is 4.29. The zero-order valence-electron chi connectivity index (χ0n) is 22.8. The first kappa shape index (κ1) is 28.5. The number of hydrogen-bond acceptors (Lipinski definition) is 6. The fraction of sp³-hybridized carbons (Fsp3) is 0.500. The van der Waals surface area contributed by atoms with Gasteiger partial charge in [-0.1, -0.05) is 43.4 Å². The molecule has 0 radical (unpaired) electrons. The number of piperidine rings is 1. The van der Waals surface area contributed by atoms with Gasteiger partial charge in [0, 0.05) is 43.3 Å². The number of unbranched alkanes of at least 4 members (excludes halogenated alkanes) is 2. The highest BCUT2D eigenvalue weighted by atomic mass is 35.5. The first-order valence-electron chi connectivity index (χ1n) is 13.4. The molecule has 1 saturated heterocycles. The Morgan fingerprint density at radius 1 is 1.26 bits per heavy atom. The van der Waals surface area contributed by atoms with E-state index < -0.39 is 11.2 Å². The van der Waals surface area contributed by atoms with Gasteiger partial charge < -0.3 is 16.0 Å². The van der Waals surface area contributed by atoms with Gasteiger partial charge in [-0.05, 0) is 43.9 Å². The van der Waals surface area contributed by atoms with Gasteiger partial charge in [-0.25, -0.2) is 4.79 Å². The monoisotopic (exact) mass is 553 g/mol. The molecular weight excluding hydrogens is 518 g/mol. The van der Waals surface area contributed by atoms with Crippen LogP contribution in [-0.2, 0) is 20.1 Å². The smallest absolute Gasteiger partial charge is 0.332 e. The first-order chi connectivity index (χ1) is 18.8. The molecule has 1 aliphatic heterocycles. The van der Waals surface area contributed by atoms with E-state index in [9.17, 15) is 14.4 Å². The summed E-state index contributed by atoms with van der Waals surface area (Å²) in [5, 5.41) is 3.32. The number of rotatable bonds is 9. The van der Waals surface area contributed by atoms with E-state index in [0.29, 0.717) is 40.8 Å². The Labute approximate surface area is 232 Å². The Morgan fingerprint density at radius 2 is 2.05 bits per heavy atom. The van der Waals surface area contributed by atoms with Crippen molar-refractivity contribution >= 4 is 34.6 Å². The third-order valence-corrected chi connectivity index (χ3v) is 7.31. The summed E-state index contributed by atoms with van der Waals surface area (Å²) in [7, 11) is 1.60. The van der Waals surface area contributed by atoms with Gasteiger partial charge in [0.15, 0.2) is 11.2 Å². The molecule has 4 rings (SSSR count). The molecule has 1 aromatic carbocycles. The second-order valence-electron chi connectivity index (χ2n) is 9.94. The number of aryl methyl sites for hydroxylation is 1. The second-order valence-corrected chi connectivity index (χ2v) is 10.4. The molecule has 10 nitrogen and oxygen atoms in total. The van der Waals surface area contributed by atoms with E-state index in [-0.39, 0.29) is 30.6 Å². The Morgan fingerprint density at radius 3 is 2.77 bits per heavy atom. The Hall–Kier alpha value is -3.55. The SMILES string of the molecule is CC#CCn1c(N2CCC[C@H](N)C2)nc2c1c(=O)n(Cc1ccc(Cl)cc1C(=O)NCCCCC)c(=O)n2C. The number of nitrogens with one attached hydrogen (secondary N) is 1. The summed E-state index contributed by atoms with van der Waals surface area (Å²) in [6, 6.07) is 4.90. The van der Waals surface area contributed by atoms with Crippen LogP contribution in [0.25, 0.3) is 11.2 Å². The van der Waals surface area contributed by atoms with Crippen molar-refractivity contribution in [3.05, 3.63) is 55.2 Å². The van der Waals surface area contributed by atoms with Crippen LogP contribution in [0.2, 0.25) is 5.02 Å². The Balaban J connectivity index is 1.81. The second kappa shape index (κ2) is 12.5. The van der Waals surface area contributed by atoms with Crippen LogP contribution >= 0.6 is 11.6 Å². The van der Waals surface area contributed by atoms with Crippen molar-refractivity contribution in [1.82, 2.24) is 24.0 Å². The van der Waals surface area contributed by atoms with E-state index in [4.69, 9.17) is 22.3 Å². The Kier molecular flexibility index (Phi) is 9.15. The lowest BCUT2D eigenvalue weighted by Gasteiger charge is -2.31. The lowest BCUT2D eigenvalue weighted by Crippen LogP contribution is -2.44. The summed E-state index contributed by atoms with van der Waals surface area (Å²) in [5.41, 5.74) is 6.64. The largest absolute Gasteiger partial charge is 0.352 e. The topological polar surface area (TPSA) is 120 Å². The van der Waals surface area contributed by atoms with Gasteiger partial charge in [-0.15, -0.1) is 5.92 Å². The number of aromatic nitrogens is 4. The molecule has 11 heteroatoms. The van der Waals surface area contributed by atoms with Crippen LogP contribution in [-0.4, -0.2) is 50.3 Å². The molecule has 0 saturated carbocycles. The van der Waals surface area contributed by atoms with Crippen LogP contribution in [0.4, 0.5) is 5.95 Å². The number of anilines is 1. The standard InChI is InChI=1S/C28H36ClN7O3/c1-4-6-8-13-31-25(37)22-16-20(29)12-11-19(22)17-36-26(38)23-24(33(3)28(36)39)32-27(35(23)15-7-5-2)34-14-9-10-21(30)18-34/h11-12,16,21H,4,6,8-10,13-15,17-18,30H2,1-3H3,(H,31,37)/t21-/m0/s1. The maximum absolute atomic E-state index is 13.9. The lowest BCUT2D eigenvalue weighted by atomic mass is 10.1. The molecule has 208 valence electrons. The van der Waals surface area contributed by atoms with Gasteiger partial charge in [-0.2, -0.15) is 4.98 Å². The number of hydrogen-bond donors (Lipinski definition) is 2. The van der Waals surface area contributed by atoms with Crippen LogP contribution in [0.15, 0.2) is 27.8 Å². The number of nitrogens with zero attached hydrogens (tertiary/aromatic N) is 5. The summed E-state index contributed by atoms with van der Waals surface area (Å²) >= 11 is 6.22. The van der Waals surface area contributed by atoms with Gasteiger partial charge >= 0.3 is 5.69 Å². The minimum atomic E-state index is -0.523. The van der Waals surface area contributed by atoms with Crippen molar-refractivity contribution < 1.29 is 4.79 Å². The van der Waals surface area contributed by atoms with Crippen LogP contribution in [0, 0.1) is 11.8 Å². The van der Waals surface area contributed by atoms with Gasteiger partial charge in [0.05, 0.1) is 13.1 Å². The normalized spacial score (nSPS) is 15.3. The predicted molar refractivity (Wildman–Crippen MR) is 155 cm³/mol. The molecule has 1 aliphatic rings. The number of halogens is 1. The van der Waals surface area contributed by atoms with E-state index >= 15 is 0 Å². The molecule has 0 unspecified atom stereocenters. The highest BCUT2D eigenvalue weighted by molar-refractivity contribution is 6.31. The van der Waals surface area contributed by atoms with Crippen LogP contribution in [0.1, 0.15) is 61.9 Å². The fourth-order valence-corrected chi connectivity index (χ4v) is 5.15. The van der Waals surface area contributed by atoms with Gasteiger partial charge in [0.1, 0.15) is 0 Å². The molecule has 1 fully saturated rings. The van der Waals surface area contributed by atoms with E-state index in [1.165, 1.54) is 4.57 Å². The van der Waals surface area contributed by atoms with Crippen molar-refractivity contribution in [2.24, 2.45) is 12.8 Å². The highest BCUT2D eigenvalue weighted by Gasteiger charge is 2.26. The zero-order chi connectivity index (χ0) is 28.1. The minimum Gasteiger partial charge on any atom is -0.352 e. The number of carbonyl (C=O) groups excluding carboxylic acids is 1. The summed E-state index contributed by atoms with van der Waals surface area (Å²) in [6.07, 6.45) is 4.75. The van der Waals surface area contributed by atoms with Crippen LogP contribution in [0.5, 0.6) is 0 Å². The molecule has 1 atom stereocenters. The number of nitrogens with two attached hydrogens (primary N) is 1. The van der Waals surface area contributed by atoms with Crippen LogP contribution < -0.4 is 27.2 Å². The van der Waals surface area contributed by atoms with E-state index in [2.05, 4.69) is 29.0 Å². The zero-order valence-corrected chi connectivity index (χ0v) is 23.6. The van der Waals surface area contributed by atoms with Crippen LogP contribution in [0.3, 0.4) is 0 Å². The van der Waals surface area contributed by atoms with Gasteiger partial charge in [-0.3, -0.25) is 23.3 Å². The number of imidazole rings is 1. The average molecular weight is 554 g/mol. The van der Waals surface area contributed by atoms with E-state index in [0.717, 1.165) is 43.2 Å². The van der Waals surface area contributed by atoms with Gasteiger partial charge in [0.25, 0.3) is 11.5 Å². The number of fused-ring (bicyclic) bond motifs is 1. The molecule has 0 aliphatic carbocycles. The molecule has 2 aromatic heterocycles. The number of amides is 1. The minimum absolute atomic E-state index is 0.00111. The first-order valence-corrected chi connectivity index (χ1v) is 13.8. The van der Waals surface area contributed by atoms with E-state index in [1.54, 1.807) is 36.7 Å². The fourth-order valence-electron chi connectivity index (χ4n) is 4.98. The van der Waals surface area contributed by atoms with Crippen molar-refractivity contribution in [1.29, 1.82) is 0 Å². The molecule has 0 bridgehead atoms.